The van der Waals surface area contributed by atoms with Gasteiger partial charge in [0.1, 0.15) is 0 Å². The minimum absolute atomic E-state index is 0.304. The van der Waals surface area contributed by atoms with E-state index in [0.29, 0.717) is 23.2 Å². The number of H-pyrrole nitrogens is 1. The van der Waals surface area contributed by atoms with Crippen LogP contribution in [-0.4, -0.2) is 25.3 Å². The van der Waals surface area contributed by atoms with Crippen LogP contribution in [0.15, 0.2) is 44.1 Å². The van der Waals surface area contributed by atoms with Crippen molar-refractivity contribution in [1.82, 2.24) is 25.3 Å². The average Bonchev–Trinajstić information content (AvgIpc) is 3.17. The molecule has 0 saturated heterocycles. The number of benzene rings is 1. The zero-order chi connectivity index (χ0) is 13.5. The van der Waals surface area contributed by atoms with Crippen molar-refractivity contribution in [3.8, 4) is 23.2 Å². The summed E-state index contributed by atoms with van der Waals surface area (Å²) in [4.78, 5) is 7.61. The van der Waals surface area contributed by atoms with Crippen LogP contribution in [0.4, 0.5) is 0 Å². The van der Waals surface area contributed by atoms with Gasteiger partial charge < -0.3 is 13.9 Å². The summed E-state index contributed by atoms with van der Waals surface area (Å²) in [5, 5.41) is 11.3. The maximum absolute atomic E-state index is 5.25. The molecule has 1 aromatic carbocycles. The average molecular weight is 332 g/mol. The predicted octanol–water partition coefficient (Wildman–Crippen LogP) is 3.03. The largest absolute Gasteiger partial charge is 0.422 e. The highest BCUT2D eigenvalue weighted by Crippen LogP contribution is 2.26. The van der Waals surface area contributed by atoms with Crippen molar-refractivity contribution in [2.45, 2.75) is 0 Å². The number of hydrogen-bond acceptors (Lipinski definition) is 6. The first-order chi connectivity index (χ1) is 9.79. The summed E-state index contributed by atoms with van der Waals surface area (Å²) in [6.07, 6.45) is 1.24. The number of halogens is 1. The van der Waals surface area contributed by atoms with E-state index in [-0.39, 0.29) is 0 Å². The number of aromatic nitrogens is 5. The van der Waals surface area contributed by atoms with Gasteiger partial charge >= 0.3 is 0 Å². The van der Waals surface area contributed by atoms with Gasteiger partial charge in [0.05, 0.1) is 11.0 Å². The SMILES string of the molecule is Brc1ccc2nc(-c3cc(-c4nnco4)no3)[nH]c2c1. The van der Waals surface area contributed by atoms with E-state index in [1.807, 2.05) is 18.2 Å². The Kier molecular flexibility index (Phi) is 2.43. The van der Waals surface area contributed by atoms with Crippen LogP contribution in [0.1, 0.15) is 0 Å². The zero-order valence-electron chi connectivity index (χ0n) is 9.87. The van der Waals surface area contributed by atoms with Crippen molar-refractivity contribution in [3.05, 3.63) is 35.1 Å². The van der Waals surface area contributed by atoms with E-state index in [0.717, 1.165) is 15.5 Å². The molecule has 0 amide bonds. The molecule has 8 heteroatoms. The van der Waals surface area contributed by atoms with Gasteiger partial charge in [-0.2, -0.15) is 0 Å². The molecule has 3 heterocycles. The number of nitrogens with one attached hydrogen (secondary N) is 1. The Bertz CT molecular complexity index is 880. The first-order valence-electron chi connectivity index (χ1n) is 5.68. The molecule has 1 N–H and O–H groups in total. The van der Waals surface area contributed by atoms with E-state index in [4.69, 9.17) is 8.94 Å². The molecule has 0 aliphatic carbocycles. The molecule has 3 aromatic heterocycles. The fourth-order valence-corrected chi connectivity index (χ4v) is 2.23. The van der Waals surface area contributed by atoms with E-state index in [9.17, 15) is 0 Å². The third-order valence-corrected chi connectivity index (χ3v) is 3.26. The molecule has 0 saturated carbocycles. The molecule has 98 valence electrons. The molecule has 0 unspecified atom stereocenters. The van der Waals surface area contributed by atoms with Crippen molar-refractivity contribution < 1.29 is 8.94 Å². The van der Waals surface area contributed by atoms with Crippen molar-refractivity contribution >= 4 is 27.0 Å². The van der Waals surface area contributed by atoms with Gasteiger partial charge in [-0.3, -0.25) is 0 Å². The molecule has 0 aliphatic heterocycles. The molecule has 20 heavy (non-hydrogen) atoms. The monoisotopic (exact) mass is 331 g/mol. The number of rotatable bonds is 2. The molecular weight excluding hydrogens is 326 g/mol. The van der Waals surface area contributed by atoms with Gasteiger partial charge in [-0.1, -0.05) is 21.1 Å². The van der Waals surface area contributed by atoms with Gasteiger partial charge in [-0.25, -0.2) is 4.98 Å². The Hall–Kier alpha value is -2.48. The number of nitrogens with zero attached hydrogens (tertiary/aromatic N) is 4. The molecule has 0 atom stereocenters. The maximum atomic E-state index is 5.25. The second kappa shape index (κ2) is 4.27. The van der Waals surface area contributed by atoms with Gasteiger partial charge in [0.15, 0.2) is 11.5 Å². The molecule has 0 radical (unpaired) electrons. The molecule has 4 aromatic rings. The Labute approximate surface area is 120 Å². The van der Waals surface area contributed by atoms with Crippen LogP contribution in [-0.2, 0) is 0 Å². The van der Waals surface area contributed by atoms with Crippen molar-refractivity contribution in [3.63, 3.8) is 0 Å². The van der Waals surface area contributed by atoms with Gasteiger partial charge in [-0.15, -0.1) is 10.2 Å². The van der Waals surface area contributed by atoms with Crippen LogP contribution in [0.5, 0.6) is 0 Å². The van der Waals surface area contributed by atoms with E-state index in [1.54, 1.807) is 6.07 Å². The second-order valence-electron chi connectivity index (χ2n) is 4.07. The van der Waals surface area contributed by atoms with Crippen molar-refractivity contribution in [2.24, 2.45) is 0 Å². The smallest absolute Gasteiger partial charge is 0.269 e. The quantitative estimate of drug-likeness (QED) is 0.606. The van der Waals surface area contributed by atoms with E-state index >= 15 is 0 Å². The van der Waals surface area contributed by atoms with Crippen LogP contribution in [0.25, 0.3) is 34.2 Å². The highest BCUT2D eigenvalue weighted by molar-refractivity contribution is 9.10. The summed E-state index contributed by atoms with van der Waals surface area (Å²) < 4.78 is 11.3. The summed E-state index contributed by atoms with van der Waals surface area (Å²) >= 11 is 3.42. The topological polar surface area (TPSA) is 93.6 Å². The van der Waals surface area contributed by atoms with Gasteiger partial charge in [0.25, 0.3) is 5.89 Å². The lowest BCUT2D eigenvalue weighted by atomic mass is 10.3. The molecule has 0 aliphatic rings. The lowest BCUT2D eigenvalue weighted by molar-refractivity contribution is 0.429. The van der Waals surface area contributed by atoms with Crippen LogP contribution < -0.4 is 0 Å². The van der Waals surface area contributed by atoms with E-state index < -0.39 is 0 Å². The summed E-state index contributed by atoms with van der Waals surface area (Å²) in [6, 6.07) is 7.48. The van der Waals surface area contributed by atoms with Crippen molar-refractivity contribution in [2.75, 3.05) is 0 Å². The summed E-state index contributed by atoms with van der Waals surface area (Å²) in [6.45, 7) is 0. The van der Waals surface area contributed by atoms with Crippen LogP contribution in [0.3, 0.4) is 0 Å². The number of hydrogen-bond donors (Lipinski definition) is 1. The number of aromatic amines is 1. The van der Waals surface area contributed by atoms with Gasteiger partial charge in [0.2, 0.25) is 12.2 Å². The van der Waals surface area contributed by atoms with Crippen LogP contribution >= 0.6 is 15.9 Å². The lowest BCUT2D eigenvalue weighted by Crippen LogP contribution is -1.76. The Balaban J connectivity index is 1.79. The van der Waals surface area contributed by atoms with Crippen LogP contribution in [0.2, 0.25) is 0 Å². The highest BCUT2D eigenvalue weighted by Gasteiger charge is 2.15. The minimum Gasteiger partial charge on any atom is -0.422 e. The molecular formula is C12H6BrN5O2. The standard InChI is InChI=1S/C12H6BrN5O2/c13-6-1-2-7-8(3-6)16-11(15-7)10-4-9(18-20-10)12-17-14-5-19-12/h1-5H,(H,15,16). The highest BCUT2D eigenvalue weighted by atomic mass is 79.9. The van der Waals surface area contributed by atoms with Gasteiger partial charge in [0, 0.05) is 10.5 Å². The molecule has 0 bridgehead atoms. The van der Waals surface area contributed by atoms with Gasteiger partial charge in [-0.05, 0) is 18.2 Å². The number of fused-ring (bicyclic) bond motifs is 1. The first-order valence-corrected chi connectivity index (χ1v) is 6.48. The lowest BCUT2D eigenvalue weighted by Gasteiger charge is -1.87. The fourth-order valence-electron chi connectivity index (χ4n) is 1.87. The third-order valence-electron chi connectivity index (χ3n) is 2.77. The fraction of sp³-hybridized carbons (Fsp3) is 0. The first kappa shape index (κ1) is 11.4. The third kappa shape index (κ3) is 1.81. The molecule has 7 nitrogen and oxygen atoms in total. The maximum Gasteiger partial charge on any atom is 0.269 e. The predicted molar refractivity (Wildman–Crippen MR) is 72.6 cm³/mol. The Morgan fingerprint density at radius 3 is 3.00 bits per heavy atom. The molecule has 0 fully saturated rings. The minimum atomic E-state index is 0.304. The van der Waals surface area contributed by atoms with Crippen molar-refractivity contribution in [1.29, 1.82) is 0 Å². The summed E-state index contributed by atoms with van der Waals surface area (Å²) in [5.41, 5.74) is 2.23. The van der Waals surface area contributed by atoms with E-state index in [2.05, 4.69) is 41.3 Å². The van der Waals surface area contributed by atoms with Crippen LogP contribution in [0, 0.1) is 0 Å². The summed E-state index contributed by atoms with van der Waals surface area (Å²) in [7, 11) is 0. The number of imidazole rings is 1. The Morgan fingerprint density at radius 2 is 2.15 bits per heavy atom. The molecule has 0 spiro atoms. The molecule has 4 rings (SSSR count). The van der Waals surface area contributed by atoms with E-state index in [1.165, 1.54) is 6.39 Å². The zero-order valence-corrected chi connectivity index (χ0v) is 11.5. The normalized spacial score (nSPS) is 11.2. The summed E-state index contributed by atoms with van der Waals surface area (Å²) in [5.74, 6) is 1.40. The Morgan fingerprint density at radius 1 is 1.20 bits per heavy atom. The second-order valence-corrected chi connectivity index (χ2v) is 4.98.